The third-order valence-electron chi connectivity index (χ3n) is 9.17. The van der Waals surface area contributed by atoms with Crippen molar-refractivity contribution in [1.29, 1.82) is 0 Å². The Bertz CT molecular complexity index is 2630. The number of carboxylic acids is 1. The molecule has 5 heterocycles. The molecule has 7 aromatic rings. The van der Waals surface area contributed by atoms with Crippen molar-refractivity contribution in [2.75, 3.05) is 20.3 Å². The molecule has 58 heavy (non-hydrogen) atoms. The molecule has 0 fully saturated rings. The van der Waals surface area contributed by atoms with E-state index in [1.165, 1.54) is 29.8 Å². The number of thiophene rings is 1. The van der Waals surface area contributed by atoms with E-state index in [-0.39, 0.29) is 41.3 Å². The van der Waals surface area contributed by atoms with Crippen LogP contribution in [0.15, 0.2) is 97.5 Å². The number of para-hydroxylation sites is 1. The molecule has 0 saturated heterocycles. The van der Waals surface area contributed by atoms with Crippen LogP contribution in [0.1, 0.15) is 11.3 Å². The summed E-state index contributed by atoms with van der Waals surface area (Å²) in [6, 6.07) is 23.2. The van der Waals surface area contributed by atoms with Gasteiger partial charge in [-0.1, -0.05) is 47.5 Å². The Labute approximate surface area is 344 Å². The van der Waals surface area contributed by atoms with E-state index < -0.39 is 30.6 Å². The van der Waals surface area contributed by atoms with E-state index in [0.717, 1.165) is 0 Å². The average molecular weight is 842 g/mol. The van der Waals surface area contributed by atoms with Crippen LogP contribution in [0.2, 0.25) is 10.0 Å². The highest BCUT2D eigenvalue weighted by Gasteiger charge is 2.29. The normalized spacial score (nSPS) is 15.2. The largest absolute Gasteiger partial charge is 0.496 e. The molecule has 4 bridgehead atoms. The van der Waals surface area contributed by atoms with Gasteiger partial charge in [0.2, 0.25) is 12.0 Å². The Balaban J connectivity index is 1.22. The summed E-state index contributed by atoms with van der Waals surface area (Å²) in [4.78, 5) is 32.2. The van der Waals surface area contributed by atoms with Crippen molar-refractivity contribution in [3.8, 4) is 61.8 Å². The van der Waals surface area contributed by atoms with Gasteiger partial charge in [-0.25, -0.2) is 29.1 Å². The second-order valence-corrected chi connectivity index (χ2v) is 14.8. The number of ether oxygens (including phenoxy) is 5. The van der Waals surface area contributed by atoms with Crippen molar-refractivity contribution in [1.82, 2.24) is 19.9 Å². The Morgan fingerprint density at radius 1 is 0.948 bits per heavy atom. The van der Waals surface area contributed by atoms with Crippen molar-refractivity contribution < 1.29 is 43.1 Å². The van der Waals surface area contributed by atoms with Crippen LogP contribution < -0.4 is 23.7 Å². The first-order valence-corrected chi connectivity index (χ1v) is 19.3. The molecule has 2 atom stereocenters. The molecule has 0 spiro atoms. The standard InChI is InChI=1S/C42H31Cl2FN4O8S/c1-53-33-5-3-2-4-29(33)39-46-13-12-26(49-39)19-55-32-11-10-27-14-23(32)17-34(42(51)52)57-40-36-35(24-15-30(43)37(31(44)16-24)56-28(18-50)20-54-27)38(58-41(36)48-21-47-40)22-6-8-25(45)9-7-22/h2-16,21,28,34,50H,17-20H2,1H3,(H,51,52)/t28-,34-/m1/s1. The Morgan fingerprint density at radius 2 is 1.74 bits per heavy atom. The molecule has 0 aliphatic carbocycles. The van der Waals surface area contributed by atoms with Crippen molar-refractivity contribution in [2.45, 2.75) is 25.2 Å². The lowest BCUT2D eigenvalue weighted by Crippen LogP contribution is -2.30. The van der Waals surface area contributed by atoms with Crippen molar-refractivity contribution in [3.05, 3.63) is 125 Å². The number of nitrogens with zero attached hydrogens (tertiary/aromatic N) is 4. The third kappa shape index (κ3) is 8.04. The topological polar surface area (TPSA) is 155 Å². The fourth-order valence-electron chi connectivity index (χ4n) is 6.42. The molecule has 16 heteroatoms. The van der Waals surface area contributed by atoms with E-state index in [1.54, 1.807) is 61.8 Å². The monoisotopic (exact) mass is 840 g/mol. The van der Waals surface area contributed by atoms with Crippen molar-refractivity contribution >= 4 is 50.7 Å². The van der Waals surface area contributed by atoms with E-state index in [1.807, 2.05) is 24.3 Å². The van der Waals surface area contributed by atoms with Gasteiger partial charge < -0.3 is 33.9 Å². The number of benzene rings is 4. The summed E-state index contributed by atoms with van der Waals surface area (Å²) in [6.07, 6.45) is 0.307. The number of carboxylic acid groups (broad SMARTS) is 1. The lowest BCUT2D eigenvalue weighted by molar-refractivity contribution is -0.145. The summed E-state index contributed by atoms with van der Waals surface area (Å²) in [6.45, 7) is -0.568. The van der Waals surface area contributed by atoms with Crippen LogP contribution in [0, 0.1) is 5.82 Å². The smallest absolute Gasteiger partial charge is 0.345 e. The van der Waals surface area contributed by atoms with Crippen LogP contribution in [0.5, 0.6) is 28.9 Å². The van der Waals surface area contributed by atoms with E-state index in [2.05, 4.69) is 19.9 Å². The van der Waals surface area contributed by atoms with Gasteiger partial charge in [-0.15, -0.1) is 11.3 Å². The number of methoxy groups -OCH3 is 1. The first kappa shape index (κ1) is 38.8. The zero-order valence-electron chi connectivity index (χ0n) is 30.4. The number of halogens is 3. The molecular formula is C42H31Cl2FN4O8S. The lowest BCUT2D eigenvalue weighted by atomic mass is 9.99. The summed E-state index contributed by atoms with van der Waals surface area (Å²) in [5, 5.41) is 21.5. The Morgan fingerprint density at radius 3 is 2.50 bits per heavy atom. The predicted octanol–water partition coefficient (Wildman–Crippen LogP) is 8.72. The number of aliphatic hydroxyl groups excluding tert-OH is 1. The van der Waals surface area contributed by atoms with Crippen LogP contribution in [0.3, 0.4) is 0 Å². The minimum Gasteiger partial charge on any atom is -0.496 e. The molecule has 9 rings (SSSR count). The summed E-state index contributed by atoms with van der Waals surface area (Å²) in [5.74, 6) is 0.117. The fourth-order valence-corrected chi connectivity index (χ4v) is 8.16. The number of hydrogen-bond donors (Lipinski definition) is 2. The molecule has 0 amide bonds. The van der Waals surface area contributed by atoms with Crippen molar-refractivity contribution in [3.63, 3.8) is 0 Å². The Hall–Kier alpha value is -6.06. The van der Waals surface area contributed by atoms with Crippen LogP contribution in [0.25, 0.3) is 43.2 Å². The van der Waals surface area contributed by atoms with Gasteiger partial charge in [-0.3, -0.25) is 0 Å². The second-order valence-electron chi connectivity index (χ2n) is 13.0. The molecule has 0 radical (unpaired) electrons. The van der Waals surface area contributed by atoms with Gasteiger partial charge in [0.15, 0.2) is 17.7 Å². The van der Waals surface area contributed by atoms with Crippen LogP contribution in [0.4, 0.5) is 4.39 Å². The molecule has 2 N–H and O–H groups in total. The summed E-state index contributed by atoms with van der Waals surface area (Å²) >= 11 is 14.9. The Kier molecular flexibility index (Phi) is 11.2. The third-order valence-corrected chi connectivity index (χ3v) is 10.9. The molecule has 2 aliphatic rings. The summed E-state index contributed by atoms with van der Waals surface area (Å²) in [5.41, 5.74) is 3.35. The minimum absolute atomic E-state index is 0.00654. The second kappa shape index (κ2) is 16.8. The maximum Gasteiger partial charge on any atom is 0.345 e. The summed E-state index contributed by atoms with van der Waals surface area (Å²) in [7, 11) is 1.57. The highest BCUT2D eigenvalue weighted by atomic mass is 35.5. The quantitative estimate of drug-likeness (QED) is 0.150. The molecule has 0 saturated carbocycles. The van der Waals surface area contributed by atoms with Gasteiger partial charge in [-0.05, 0) is 71.8 Å². The van der Waals surface area contributed by atoms with Crippen LogP contribution in [-0.4, -0.2) is 68.6 Å². The number of aliphatic hydroxyl groups is 1. The van der Waals surface area contributed by atoms with Crippen LogP contribution in [-0.2, 0) is 17.8 Å². The zero-order chi connectivity index (χ0) is 40.3. The number of carbonyl (C=O) groups is 1. The maximum atomic E-state index is 14.1. The molecule has 4 aromatic carbocycles. The predicted molar refractivity (Wildman–Crippen MR) is 216 cm³/mol. The van der Waals surface area contributed by atoms with E-state index >= 15 is 0 Å². The van der Waals surface area contributed by atoms with Gasteiger partial charge in [-0.2, -0.15) is 0 Å². The molecule has 294 valence electrons. The first-order chi connectivity index (χ1) is 28.2. The summed E-state index contributed by atoms with van der Waals surface area (Å²) < 4.78 is 44.3. The number of rotatable bonds is 8. The SMILES string of the molecule is COc1ccccc1-c1nccc(COc2ccc3cc2C[C@H](C(=O)O)Oc2ncnc4sc(-c5ccc(F)cc5)c(c24)-c2cc(Cl)c(c(Cl)c2)O[C@H](CO)CO3)n1. The first-order valence-electron chi connectivity index (χ1n) is 17.7. The molecule has 0 unspecified atom stereocenters. The van der Waals surface area contributed by atoms with Gasteiger partial charge in [0, 0.05) is 28.6 Å². The highest BCUT2D eigenvalue weighted by Crippen LogP contribution is 2.49. The van der Waals surface area contributed by atoms with Crippen LogP contribution >= 0.6 is 34.5 Å². The number of aromatic nitrogens is 4. The number of hydrogen-bond acceptors (Lipinski definition) is 12. The van der Waals surface area contributed by atoms with Gasteiger partial charge >= 0.3 is 5.97 Å². The number of aliphatic carboxylic acids is 1. The number of fused-ring (bicyclic) bond motifs is 7. The average Bonchev–Trinajstić information content (AvgIpc) is 3.63. The molecule has 3 aromatic heterocycles. The maximum absolute atomic E-state index is 14.1. The van der Waals surface area contributed by atoms with E-state index in [4.69, 9.17) is 46.9 Å². The zero-order valence-corrected chi connectivity index (χ0v) is 32.7. The fraction of sp³-hybridized carbons (Fsp3) is 0.167. The molecular weight excluding hydrogens is 810 g/mol. The van der Waals surface area contributed by atoms with Crippen molar-refractivity contribution in [2.24, 2.45) is 0 Å². The molecule has 2 aliphatic heterocycles. The van der Waals surface area contributed by atoms with Gasteiger partial charge in [0.25, 0.3) is 0 Å². The van der Waals surface area contributed by atoms with E-state index in [0.29, 0.717) is 71.7 Å². The minimum atomic E-state index is -1.49. The van der Waals surface area contributed by atoms with Gasteiger partial charge in [0.05, 0.1) is 40.4 Å². The lowest BCUT2D eigenvalue weighted by Gasteiger charge is -2.21. The highest BCUT2D eigenvalue weighted by molar-refractivity contribution is 7.22. The molecule has 12 nitrogen and oxygen atoms in total. The van der Waals surface area contributed by atoms with E-state index in [9.17, 15) is 19.4 Å². The van der Waals surface area contributed by atoms with Gasteiger partial charge in [0.1, 0.15) is 47.4 Å².